The summed E-state index contributed by atoms with van der Waals surface area (Å²) in [7, 11) is 0. The van der Waals surface area contributed by atoms with Crippen LogP contribution in [0.5, 0.6) is 0 Å². The van der Waals surface area contributed by atoms with Gasteiger partial charge in [-0.05, 0) is 78.1 Å². The normalized spacial score (nSPS) is 11.6. The number of aromatic nitrogens is 2. The van der Waals surface area contributed by atoms with E-state index in [9.17, 15) is 0 Å². The summed E-state index contributed by atoms with van der Waals surface area (Å²) in [5.41, 5.74) is 8.02. The van der Waals surface area contributed by atoms with Gasteiger partial charge in [0.2, 0.25) is 0 Å². The maximum Gasteiger partial charge on any atom is 0.107 e. The van der Waals surface area contributed by atoms with Gasteiger partial charge in [-0.1, -0.05) is 101 Å². The molecule has 0 aliphatic heterocycles. The predicted octanol–water partition coefficient (Wildman–Crippen LogP) is 9.45. The van der Waals surface area contributed by atoms with Gasteiger partial charge in [0, 0.05) is 6.42 Å². The van der Waals surface area contributed by atoms with Gasteiger partial charge >= 0.3 is 0 Å². The number of unbranched alkanes of at least 4 members (excludes halogenated alkanes) is 7. The molecule has 1 N–H and O–H groups in total. The van der Waals surface area contributed by atoms with Crippen molar-refractivity contribution in [1.29, 1.82) is 0 Å². The number of aryl methyl sites for hydroxylation is 5. The number of rotatable bonds is 14. The van der Waals surface area contributed by atoms with Crippen LogP contribution < -0.4 is 0 Å². The molecule has 0 aliphatic carbocycles. The maximum absolute atomic E-state index is 5.00. The van der Waals surface area contributed by atoms with E-state index in [0.717, 1.165) is 24.2 Å². The first kappa shape index (κ1) is 25.5. The van der Waals surface area contributed by atoms with Crippen molar-refractivity contribution in [3.8, 4) is 0 Å². The Labute approximate surface area is 212 Å². The molecule has 1 heterocycles. The standard InChI is InChI=1S/C33H44N2/c1-4-6-8-10-11-13-26-15-18-30-24-27(16-19-29(30)23-26)17-22-32-34-31-21-20-28(14-12-9-7-5-2)25(3)33(31)35-32/h15-16,18-21,23-24H,4-14,17,22H2,1-3H3,(H,34,35). The number of H-pyrrole nitrogens is 1. The number of hydrogen-bond donors (Lipinski definition) is 1. The summed E-state index contributed by atoms with van der Waals surface area (Å²) in [6.45, 7) is 6.79. The Bertz CT molecular complexity index is 1220. The number of benzene rings is 3. The summed E-state index contributed by atoms with van der Waals surface area (Å²) in [6, 6.07) is 18.5. The molecular weight excluding hydrogens is 424 g/mol. The quantitative estimate of drug-likeness (QED) is 0.183. The lowest BCUT2D eigenvalue weighted by Gasteiger charge is -2.06. The summed E-state index contributed by atoms with van der Waals surface area (Å²) >= 11 is 0. The molecule has 0 saturated heterocycles. The van der Waals surface area contributed by atoms with Crippen LogP contribution in [0.2, 0.25) is 0 Å². The second kappa shape index (κ2) is 12.9. The molecule has 0 saturated carbocycles. The molecule has 2 nitrogen and oxygen atoms in total. The summed E-state index contributed by atoms with van der Waals surface area (Å²) in [5.74, 6) is 1.10. The van der Waals surface area contributed by atoms with Crippen molar-refractivity contribution < 1.29 is 0 Å². The number of nitrogens with zero attached hydrogens (tertiary/aromatic N) is 1. The van der Waals surface area contributed by atoms with Crippen LogP contribution in [0.1, 0.15) is 99.7 Å². The van der Waals surface area contributed by atoms with Crippen LogP contribution in [0.15, 0.2) is 48.5 Å². The van der Waals surface area contributed by atoms with E-state index in [1.54, 1.807) is 0 Å². The average Bonchev–Trinajstić information content (AvgIpc) is 3.30. The molecule has 0 bridgehead atoms. The van der Waals surface area contributed by atoms with E-state index in [2.05, 4.69) is 74.3 Å². The first-order valence-corrected chi connectivity index (χ1v) is 14.2. The van der Waals surface area contributed by atoms with Crippen LogP contribution in [0, 0.1) is 6.92 Å². The Morgan fingerprint density at radius 1 is 0.629 bits per heavy atom. The second-order valence-electron chi connectivity index (χ2n) is 10.4. The molecule has 2 heteroatoms. The van der Waals surface area contributed by atoms with Gasteiger partial charge in [0.15, 0.2) is 0 Å². The topological polar surface area (TPSA) is 28.7 Å². The number of imidazole rings is 1. The van der Waals surface area contributed by atoms with Crippen molar-refractivity contribution >= 4 is 21.8 Å². The molecular formula is C33H44N2. The largest absolute Gasteiger partial charge is 0.342 e. The molecule has 0 radical (unpaired) electrons. The number of aromatic amines is 1. The molecule has 4 rings (SSSR count). The van der Waals surface area contributed by atoms with Crippen LogP contribution in [0.4, 0.5) is 0 Å². The molecule has 35 heavy (non-hydrogen) atoms. The minimum atomic E-state index is 0.946. The first-order valence-electron chi connectivity index (χ1n) is 14.2. The zero-order valence-corrected chi connectivity index (χ0v) is 22.3. The number of fused-ring (bicyclic) bond motifs is 2. The Morgan fingerprint density at radius 2 is 1.26 bits per heavy atom. The fourth-order valence-electron chi connectivity index (χ4n) is 5.29. The van der Waals surface area contributed by atoms with Crippen molar-refractivity contribution in [3.05, 3.63) is 76.6 Å². The van der Waals surface area contributed by atoms with E-state index in [1.807, 2.05) is 0 Å². The van der Waals surface area contributed by atoms with E-state index in [4.69, 9.17) is 4.98 Å². The van der Waals surface area contributed by atoms with Gasteiger partial charge in [-0.15, -0.1) is 0 Å². The number of hydrogen-bond acceptors (Lipinski definition) is 1. The molecule has 0 spiro atoms. The maximum atomic E-state index is 5.00. The SMILES string of the molecule is CCCCCCCc1ccc2cc(CCc3nc4c(C)c(CCCCCC)ccc4[nH]3)ccc2c1. The van der Waals surface area contributed by atoms with Gasteiger partial charge < -0.3 is 4.98 Å². The van der Waals surface area contributed by atoms with Gasteiger partial charge in [0.1, 0.15) is 5.82 Å². The summed E-state index contributed by atoms with van der Waals surface area (Å²) < 4.78 is 0. The van der Waals surface area contributed by atoms with Gasteiger partial charge in [-0.3, -0.25) is 0 Å². The third-order valence-electron chi connectivity index (χ3n) is 7.56. The van der Waals surface area contributed by atoms with Crippen LogP contribution in [-0.2, 0) is 25.7 Å². The molecule has 4 aromatic rings. The lowest BCUT2D eigenvalue weighted by molar-refractivity contribution is 0.632. The van der Waals surface area contributed by atoms with Gasteiger partial charge in [-0.25, -0.2) is 4.98 Å². The first-order chi connectivity index (χ1) is 17.2. The van der Waals surface area contributed by atoms with Crippen LogP contribution >= 0.6 is 0 Å². The smallest absolute Gasteiger partial charge is 0.107 e. The Kier molecular flexibility index (Phi) is 9.40. The third kappa shape index (κ3) is 6.97. The molecule has 0 aliphatic rings. The fraction of sp³-hybridized carbons (Fsp3) is 0.485. The predicted molar refractivity (Wildman–Crippen MR) is 152 cm³/mol. The van der Waals surface area contributed by atoms with E-state index in [-0.39, 0.29) is 0 Å². The van der Waals surface area contributed by atoms with Crippen LogP contribution in [0.25, 0.3) is 21.8 Å². The Balaban J connectivity index is 1.36. The zero-order valence-electron chi connectivity index (χ0n) is 22.3. The fourth-order valence-corrected chi connectivity index (χ4v) is 5.29. The lowest BCUT2D eigenvalue weighted by Crippen LogP contribution is -1.94. The van der Waals surface area contributed by atoms with Crippen molar-refractivity contribution in [2.45, 2.75) is 104 Å². The van der Waals surface area contributed by atoms with Crippen molar-refractivity contribution in [2.75, 3.05) is 0 Å². The minimum Gasteiger partial charge on any atom is -0.342 e. The molecule has 1 aromatic heterocycles. The molecule has 0 unspecified atom stereocenters. The molecule has 186 valence electrons. The van der Waals surface area contributed by atoms with E-state index in [1.165, 1.54) is 109 Å². The molecule has 0 atom stereocenters. The summed E-state index contributed by atoms with van der Waals surface area (Å²) in [5, 5.41) is 2.72. The minimum absolute atomic E-state index is 0.946. The lowest BCUT2D eigenvalue weighted by atomic mass is 9.99. The third-order valence-corrected chi connectivity index (χ3v) is 7.56. The van der Waals surface area contributed by atoms with Gasteiger partial charge in [0.05, 0.1) is 11.0 Å². The van der Waals surface area contributed by atoms with Crippen LogP contribution in [0.3, 0.4) is 0 Å². The van der Waals surface area contributed by atoms with E-state index >= 15 is 0 Å². The summed E-state index contributed by atoms with van der Waals surface area (Å²) in [4.78, 5) is 8.57. The molecule has 3 aromatic carbocycles. The Hall–Kier alpha value is -2.61. The van der Waals surface area contributed by atoms with Crippen LogP contribution in [-0.4, -0.2) is 9.97 Å². The highest BCUT2D eigenvalue weighted by atomic mass is 14.9. The highest BCUT2D eigenvalue weighted by Crippen LogP contribution is 2.24. The average molecular weight is 469 g/mol. The van der Waals surface area contributed by atoms with Crippen molar-refractivity contribution in [3.63, 3.8) is 0 Å². The molecule has 0 amide bonds. The highest BCUT2D eigenvalue weighted by Gasteiger charge is 2.09. The second-order valence-corrected chi connectivity index (χ2v) is 10.4. The van der Waals surface area contributed by atoms with Crippen molar-refractivity contribution in [2.24, 2.45) is 0 Å². The zero-order chi connectivity index (χ0) is 24.5. The highest BCUT2D eigenvalue weighted by molar-refractivity contribution is 5.84. The van der Waals surface area contributed by atoms with E-state index < -0.39 is 0 Å². The number of nitrogens with one attached hydrogen (secondary N) is 1. The summed E-state index contributed by atoms with van der Waals surface area (Å²) in [6.07, 6.45) is 16.3. The monoisotopic (exact) mass is 468 g/mol. The molecule has 0 fully saturated rings. The van der Waals surface area contributed by atoms with Crippen molar-refractivity contribution in [1.82, 2.24) is 9.97 Å². The van der Waals surface area contributed by atoms with E-state index in [0.29, 0.717) is 0 Å². The van der Waals surface area contributed by atoms with Gasteiger partial charge in [-0.2, -0.15) is 0 Å². The Morgan fingerprint density at radius 3 is 1.97 bits per heavy atom. The van der Waals surface area contributed by atoms with Gasteiger partial charge in [0.25, 0.3) is 0 Å².